The second-order valence-corrected chi connectivity index (χ2v) is 0. The molecule has 0 saturated heterocycles. The Morgan fingerprint density at radius 1 is 0.625 bits per heavy atom. The van der Waals surface area contributed by atoms with Gasteiger partial charge in [-0.15, -0.1) is 0 Å². The molecule has 0 bridgehead atoms. The molecule has 0 aliphatic heterocycles. The molecule has 8 heteroatoms. The van der Waals surface area contributed by atoms with Crippen molar-refractivity contribution in [2.24, 2.45) is 0 Å². The largest absolute Gasteiger partial charge is 1.00 e. The summed E-state index contributed by atoms with van der Waals surface area (Å²) in [6.45, 7) is 0. The summed E-state index contributed by atoms with van der Waals surface area (Å²) < 4.78 is 0. The maximum absolute atomic E-state index is 0. The number of hydrogen-bond acceptors (Lipinski definition) is 2. The molecule has 8 heavy (non-hydrogen) atoms. The minimum absolute atomic E-state index is 0. The molecule has 1 unspecified atom stereocenters. The van der Waals surface area contributed by atoms with Crippen molar-refractivity contribution in [3.63, 3.8) is 0 Å². The molecule has 0 aromatic heterocycles. The molecule has 0 saturated carbocycles. The third-order valence-electron chi connectivity index (χ3n) is 0. The Balaban J connectivity index is 0. The number of hydrogen-bond donors (Lipinski definition) is 0. The Bertz CT molecular complexity index is 14.0. The summed E-state index contributed by atoms with van der Waals surface area (Å²) in [4.78, 5) is 0. The molecule has 0 amide bonds. The standard InChI is InChI=1S/Mo.2Na.4H2O.H3P/h;;;4*1H2;1H3/q;2*+1;;;;;/p-2. The predicted octanol–water partition coefficient (Wildman–Crippen LogP) is -7.94. The molecule has 0 aromatic rings. The van der Waals surface area contributed by atoms with E-state index in [-0.39, 0.29) is 112 Å². The van der Waals surface area contributed by atoms with E-state index in [0.717, 1.165) is 0 Å². The quantitative estimate of drug-likeness (QED) is 0.311. The van der Waals surface area contributed by atoms with E-state index >= 15 is 0 Å². The summed E-state index contributed by atoms with van der Waals surface area (Å²) >= 11 is 0. The predicted molar refractivity (Wildman–Crippen MR) is 22.2 cm³/mol. The van der Waals surface area contributed by atoms with Gasteiger partial charge in [0, 0.05) is 21.1 Å². The summed E-state index contributed by atoms with van der Waals surface area (Å²) in [6.07, 6.45) is 0. The first-order chi connectivity index (χ1) is 0. The van der Waals surface area contributed by atoms with Crippen molar-refractivity contribution < 1.29 is 102 Å². The zero-order chi connectivity index (χ0) is 0. The summed E-state index contributed by atoms with van der Waals surface area (Å²) in [5.41, 5.74) is 0. The van der Waals surface area contributed by atoms with Crippen molar-refractivity contribution >= 4 is 9.90 Å². The Kier molecular flexibility index (Phi) is 1420. The van der Waals surface area contributed by atoms with Crippen LogP contribution >= 0.6 is 9.90 Å². The fraction of sp³-hybridized carbons (Fsp3) is 0. The molecule has 0 fully saturated rings. The minimum atomic E-state index is 0. The number of rotatable bonds is 0. The molecule has 6 N–H and O–H groups in total. The Hall–Kier alpha value is 2.96. The zero-order valence-electron chi connectivity index (χ0n) is 5.01. The smallest absolute Gasteiger partial charge is 0.870 e. The first-order valence-corrected chi connectivity index (χ1v) is 0. The van der Waals surface area contributed by atoms with E-state index in [0.29, 0.717) is 0 Å². The van der Waals surface area contributed by atoms with Crippen LogP contribution in [0.1, 0.15) is 0 Å². The van der Waals surface area contributed by atoms with Crippen LogP contribution in [0.25, 0.3) is 0 Å². The van der Waals surface area contributed by atoms with Gasteiger partial charge in [0.1, 0.15) is 0 Å². The average molecular weight is 246 g/mol. The van der Waals surface area contributed by atoms with Crippen molar-refractivity contribution in [3.8, 4) is 0 Å². The van der Waals surface area contributed by atoms with Crippen LogP contribution in [0.5, 0.6) is 0 Å². The van der Waals surface area contributed by atoms with Crippen LogP contribution in [-0.4, -0.2) is 21.9 Å². The van der Waals surface area contributed by atoms with Crippen LogP contribution in [0.4, 0.5) is 0 Å². The second-order valence-electron chi connectivity index (χ2n) is 0. The molecular formula is H9MoNa2O4P. The molecule has 0 radical (unpaired) electrons. The third kappa shape index (κ3) is 64.8. The molecule has 0 aromatic carbocycles. The second kappa shape index (κ2) is 91.3. The maximum atomic E-state index is 0. The summed E-state index contributed by atoms with van der Waals surface area (Å²) in [6, 6.07) is 0. The van der Waals surface area contributed by atoms with Gasteiger partial charge in [0.05, 0.1) is 0 Å². The van der Waals surface area contributed by atoms with Crippen molar-refractivity contribution in [3.05, 3.63) is 0 Å². The summed E-state index contributed by atoms with van der Waals surface area (Å²) in [5, 5.41) is 0. The fourth-order valence-electron chi connectivity index (χ4n) is 0. The molecule has 0 rings (SSSR count). The van der Waals surface area contributed by atoms with Gasteiger partial charge in [0.25, 0.3) is 0 Å². The van der Waals surface area contributed by atoms with Gasteiger partial charge in [-0.3, -0.25) is 0 Å². The molecule has 0 aliphatic rings. The van der Waals surface area contributed by atoms with E-state index in [4.69, 9.17) is 0 Å². The fourth-order valence-corrected chi connectivity index (χ4v) is 0. The van der Waals surface area contributed by atoms with Gasteiger partial charge in [0.2, 0.25) is 0 Å². The van der Waals surface area contributed by atoms with E-state index in [9.17, 15) is 0 Å². The van der Waals surface area contributed by atoms with E-state index in [1.807, 2.05) is 0 Å². The molecule has 46 valence electrons. The van der Waals surface area contributed by atoms with Crippen LogP contribution in [0.15, 0.2) is 0 Å². The Labute approximate surface area is 110 Å². The van der Waals surface area contributed by atoms with Crippen LogP contribution in [0, 0.1) is 0 Å². The molecular weight excluding hydrogens is 237 g/mol. The van der Waals surface area contributed by atoms with Crippen LogP contribution in [0.2, 0.25) is 0 Å². The maximum Gasteiger partial charge on any atom is 1.00 e. The molecule has 0 heterocycles. The molecule has 4 nitrogen and oxygen atoms in total. The monoisotopic (exact) mass is 248 g/mol. The molecule has 1 atom stereocenters. The van der Waals surface area contributed by atoms with Gasteiger partial charge < -0.3 is 21.9 Å². The van der Waals surface area contributed by atoms with Gasteiger partial charge in [0.15, 0.2) is 0 Å². The normalized spacial score (nSPS) is 0. The van der Waals surface area contributed by atoms with Crippen LogP contribution in [-0.2, 0) is 21.1 Å². The van der Waals surface area contributed by atoms with Gasteiger partial charge in [-0.2, -0.15) is 9.90 Å². The molecule has 0 aliphatic carbocycles. The summed E-state index contributed by atoms with van der Waals surface area (Å²) in [7, 11) is 0. The van der Waals surface area contributed by atoms with Crippen LogP contribution < -0.4 is 59.1 Å². The molecule has 0 spiro atoms. The zero-order valence-corrected chi connectivity index (χ0v) is 12.4. The third-order valence-corrected chi connectivity index (χ3v) is 0. The van der Waals surface area contributed by atoms with E-state index < -0.39 is 0 Å². The van der Waals surface area contributed by atoms with Crippen molar-refractivity contribution in [2.45, 2.75) is 0 Å². The van der Waals surface area contributed by atoms with Crippen molar-refractivity contribution in [1.82, 2.24) is 0 Å². The van der Waals surface area contributed by atoms with Crippen molar-refractivity contribution in [1.29, 1.82) is 0 Å². The van der Waals surface area contributed by atoms with Gasteiger partial charge >= 0.3 is 59.1 Å². The van der Waals surface area contributed by atoms with Gasteiger partial charge in [-0.1, -0.05) is 0 Å². The first kappa shape index (κ1) is 124. The van der Waals surface area contributed by atoms with E-state index in [1.165, 1.54) is 0 Å². The van der Waals surface area contributed by atoms with E-state index in [1.54, 1.807) is 0 Å². The summed E-state index contributed by atoms with van der Waals surface area (Å²) in [5.74, 6) is 0. The minimum Gasteiger partial charge on any atom is -0.870 e. The topological polar surface area (TPSA) is 123 Å². The first-order valence-electron chi connectivity index (χ1n) is 0. The van der Waals surface area contributed by atoms with Gasteiger partial charge in [-0.05, 0) is 0 Å². The van der Waals surface area contributed by atoms with Crippen molar-refractivity contribution in [2.75, 3.05) is 0 Å². The Morgan fingerprint density at radius 2 is 0.625 bits per heavy atom. The SMILES string of the molecule is O.O.P.[Mo].[Na+].[Na+].[OH-].[OH-]. The Morgan fingerprint density at radius 3 is 0.625 bits per heavy atom. The van der Waals surface area contributed by atoms with E-state index in [2.05, 4.69) is 0 Å². The van der Waals surface area contributed by atoms with Gasteiger partial charge in [-0.25, -0.2) is 0 Å². The average Bonchev–Trinajstić information content (AvgIpc) is 0. The van der Waals surface area contributed by atoms with Crippen LogP contribution in [0.3, 0.4) is 0 Å².